The van der Waals surface area contributed by atoms with Gasteiger partial charge in [-0.15, -0.1) is 0 Å². The van der Waals surface area contributed by atoms with Crippen molar-refractivity contribution in [2.45, 2.75) is 52.1 Å². The van der Waals surface area contributed by atoms with Gasteiger partial charge in [0.2, 0.25) is 0 Å². The van der Waals surface area contributed by atoms with Crippen molar-refractivity contribution in [2.24, 2.45) is 17.9 Å². The van der Waals surface area contributed by atoms with Gasteiger partial charge in [-0.3, -0.25) is 4.68 Å². The molecule has 1 aromatic rings. The standard InChI is InChI=1S/C13H23N5O/c1-5-10-7-6-8(2)18(10)13-11(12(14)16-19)9(3)15-17(13)4/h8,10,19H,5-7H2,1-4H3,(H2,14,16). The van der Waals surface area contributed by atoms with Crippen molar-refractivity contribution in [2.75, 3.05) is 4.90 Å². The third-order valence-corrected chi connectivity index (χ3v) is 4.06. The first-order valence-electron chi connectivity index (χ1n) is 6.81. The molecule has 106 valence electrons. The summed E-state index contributed by atoms with van der Waals surface area (Å²) >= 11 is 0. The lowest BCUT2D eigenvalue weighted by Crippen LogP contribution is -2.37. The van der Waals surface area contributed by atoms with Gasteiger partial charge in [-0.25, -0.2) is 0 Å². The van der Waals surface area contributed by atoms with E-state index < -0.39 is 0 Å². The lowest BCUT2D eigenvalue weighted by atomic mass is 10.1. The smallest absolute Gasteiger partial charge is 0.175 e. The van der Waals surface area contributed by atoms with E-state index in [9.17, 15) is 0 Å². The van der Waals surface area contributed by atoms with Crippen LogP contribution in [0, 0.1) is 6.92 Å². The number of hydrogen-bond donors (Lipinski definition) is 2. The van der Waals surface area contributed by atoms with Crippen LogP contribution in [0.3, 0.4) is 0 Å². The van der Waals surface area contributed by atoms with Gasteiger partial charge in [0, 0.05) is 19.1 Å². The van der Waals surface area contributed by atoms with Gasteiger partial charge in [0.15, 0.2) is 5.84 Å². The highest BCUT2D eigenvalue weighted by molar-refractivity contribution is 6.02. The highest BCUT2D eigenvalue weighted by Crippen LogP contribution is 2.34. The molecular weight excluding hydrogens is 242 g/mol. The van der Waals surface area contributed by atoms with Crippen molar-refractivity contribution >= 4 is 11.7 Å². The number of nitrogens with zero attached hydrogens (tertiary/aromatic N) is 4. The number of amidine groups is 1. The molecule has 1 aliphatic rings. The van der Waals surface area contributed by atoms with Crippen molar-refractivity contribution in [3.63, 3.8) is 0 Å². The summed E-state index contributed by atoms with van der Waals surface area (Å²) in [6.07, 6.45) is 3.43. The lowest BCUT2D eigenvalue weighted by molar-refractivity contribution is 0.318. The SMILES string of the molecule is CCC1CCC(C)N1c1c(C(N)=NO)c(C)nn1C. The van der Waals surface area contributed by atoms with Crippen LogP contribution in [0.2, 0.25) is 0 Å². The summed E-state index contributed by atoms with van der Waals surface area (Å²) in [4.78, 5) is 2.37. The monoisotopic (exact) mass is 265 g/mol. The minimum atomic E-state index is 0.134. The number of aryl methyl sites for hydroxylation is 2. The number of rotatable bonds is 3. The molecule has 2 atom stereocenters. The Hall–Kier alpha value is -1.72. The molecule has 0 aromatic carbocycles. The molecule has 1 saturated heterocycles. The van der Waals surface area contributed by atoms with Crippen molar-refractivity contribution in [1.29, 1.82) is 0 Å². The molecule has 2 rings (SSSR count). The van der Waals surface area contributed by atoms with Gasteiger partial charge < -0.3 is 15.8 Å². The van der Waals surface area contributed by atoms with Crippen molar-refractivity contribution in [3.05, 3.63) is 11.3 Å². The zero-order chi connectivity index (χ0) is 14.2. The van der Waals surface area contributed by atoms with E-state index in [1.165, 1.54) is 12.8 Å². The molecule has 1 aliphatic heterocycles. The number of aromatic nitrogens is 2. The van der Waals surface area contributed by atoms with Gasteiger partial charge >= 0.3 is 0 Å². The van der Waals surface area contributed by atoms with Crippen molar-refractivity contribution < 1.29 is 5.21 Å². The van der Waals surface area contributed by atoms with Gasteiger partial charge in [0.25, 0.3) is 0 Å². The molecule has 2 unspecified atom stereocenters. The molecule has 0 aliphatic carbocycles. The Morgan fingerprint density at radius 2 is 2.21 bits per heavy atom. The van der Waals surface area contributed by atoms with Crippen LogP contribution in [0.5, 0.6) is 0 Å². The molecule has 1 fully saturated rings. The highest BCUT2D eigenvalue weighted by Gasteiger charge is 2.34. The van der Waals surface area contributed by atoms with E-state index >= 15 is 0 Å². The van der Waals surface area contributed by atoms with Crippen LogP contribution >= 0.6 is 0 Å². The van der Waals surface area contributed by atoms with Gasteiger partial charge in [-0.2, -0.15) is 5.10 Å². The van der Waals surface area contributed by atoms with Crippen molar-refractivity contribution in [1.82, 2.24) is 9.78 Å². The summed E-state index contributed by atoms with van der Waals surface area (Å²) in [5.74, 6) is 1.10. The molecule has 2 heterocycles. The third-order valence-electron chi connectivity index (χ3n) is 4.06. The summed E-state index contributed by atoms with van der Waals surface area (Å²) in [5, 5.41) is 16.6. The molecule has 0 bridgehead atoms. The van der Waals surface area contributed by atoms with Crippen LogP contribution in [-0.2, 0) is 7.05 Å². The average Bonchev–Trinajstić information content (AvgIpc) is 2.88. The van der Waals surface area contributed by atoms with E-state index in [-0.39, 0.29) is 5.84 Å². The number of oxime groups is 1. The second-order valence-corrected chi connectivity index (χ2v) is 5.29. The van der Waals surface area contributed by atoms with Crippen LogP contribution in [0.4, 0.5) is 5.82 Å². The largest absolute Gasteiger partial charge is 0.409 e. The van der Waals surface area contributed by atoms with E-state index in [1.807, 2.05) is 18.7 Å². The minimum Gasteiger partial charge on any atom is -0.409 e. The van der Waals surface area contributed by atoms with E-state index in [4.69, 9.17) is 10.9 Å². The molecule has 3 N–H and O–H groups in total. The van der Waals surface area contributed by atoms with Gasteiger partial charge in [0.05, 0.1) is 11.3 Å². The molecule has 0 saturated carbocycles. The molecule has 0 radical (unpaired) electrons. The van der Waals surface area contributed by atoms with Crippen LogP contribution in [0.1, 0.15) is 44.4 Å². The third kappa shape index (κ3) is 2.15. The highest BCUT2D eigenvalue weighted by atomic mass is 16.4. The predicted octanol–water partition coefficient (Wildman–Crippen LogP) is 1.59. The van der Waals surface area contributed by atoms with E-state index in [0.29, 0.717) is 12.1 Å². The zero-order valence-corrected chi connectivity index (χ0v) is 12.1. The molecule has 0 amide bonds. The Labute approximate surface area is 113 Å². The lowest BCUT2D eigenvalue weighted by Gasteiger charge is -2.30. The average molecular weight is 265 g/mol. The maximum Gasteiger partial charge on any atom is 0.175 e. The van der Waals surface area contributed by atoms with Gasteiger partial charge in [-0.1, -0.05) is 12.1 Å². The number of hydrogen-bond acceptors (Lipinski definition) is 4. The summed E-state index contributed by atoms with van der Waals surface area (Å²) in [6, 6.07) is 0.944. The summed E-state index contributed by atoms with van der Waals surface area (Å²) in [7, 11) is 1.91. The summed E-state index contributed by atoms with van der Waals surface area (Å²) in [5.41, 5.74) is 7.37. The first kappa shape index (κ1) is 13.7. The molecule has 0 spiro atoms. The Kier molecular flexibility index (Phi) is 3.68. The van der Waals surface area contributed by atoms with E-state index in [0.717, 1.165) is 23.5 Å². The first-order valence-corrected chi connectivity index (χ1v) is 6.81. The first-order chi connectivity index (χ1) is 9.01. The Morgan fingerprint density at radius 3 is 2.79 bits per heavy atom. The normalized spacial score (nSPS) is 24.2. The quantitative estimate of drug-likeness (QED) is 0.376. The second kappa shape index (κ2) is 5.11. The fourth-order valence-corrected chi connectivity index (χ4v) is 3.15. The number of nitrogens with two attached hydrogens (primary N) is 1. The molecular formula is C13H23N5O. The fraction of sp³-hybridized carbons (Fsp3) is 0.692. The Balaban J connectivity index is 2.55. The molecule has 6 nitrogen and oxygen atoms in total. The molecule has 19 heavy (non-hydrogen) atoms. The minimum absolute atomic E-state index is 0.134. The predicted molar refractivity (Wildman–Crippen MR) is 75.7 cm³/mol. The maximum atomic E-state index is 8.99. The van der Waals surface area contributed by atoms with E-state index in [1.54, 1.807) is 0 Å². The fourth-order valence-electron chi connectivity index (χ4n) is 3.15. The maximum absolute atomic E-state index is 8.99. The van der Waals surface area contributed by atoms with Crippen LogP contribution in [-0.4, -0.2) is 32.9 Å². The van der Waals surface area contributed by atoms with Crippen LogP contribution < -0.4 is 10.6 Å². The Morgan fingerprint density at radius 1 is 1.53 bits per heavy atom. The molecule has 1 aromatic heterocycles. The topological polar surface area (TPSA) is 79.7 Å². The molecule has 6 heteroatoms. The van der Waals surface area contributed by atoms with Crippen LogP contribution in [0.25, 0.3) is 0 Å². The number of anilines is 1. The summed E-state index contributed by atoms with van der Waals surface area (Å²) in [6.45, 7) is 6.30. The van der Waals surface area contributed by atoms with Gasteiger partial charge in [0.1, 0.15) is 5.82 Å². The summed E-state index contributed by atoms with van der Waals surface area (Å²) < 4.78 is 1.84. The van der Waals surface area contributed by atoms with Crippen LogP contribution in [0.15, 0.2) is 5.16 Å². The van der Waals surface area contributed by atoms with E-state index in [2.05, 4.69) is 29.0 Å². The zero-order valence-electron chi connectivity index (χ0n) is 12.1. The van der Waals surface area contributed by atoms with Gasteiger partial charge in [-0.05, 0) is 33.1 Å². The second-order valence-electron chi connectivity index (χ2n) is 5.29. The van der Waals surface area contributed by atoms with Crippen molar-refractivity contribution in [3.8, 4) is 0 Å². The Bertz CT molecular complexity index is 493.